The van der Waals surface area contributed by atoms with E-state index in [1.54, 1.807) is 6.07 Å². The average Bonchev–Trinajstić information content (AvgIpc) is 3.24. The van der Waals surface area contributed by atoms with Crippen molar-refractivity contribution in [2.24, 2.45) is 11.8 Å². The molecule has 1 N–H and O–H groups in total. The second kappa shape index (κ2) is 7.31. The van der Waals surface area contributed by atoms with Gasteiger partial charge in [0.15, 0.2) is 9.84 Å². The molecule has 2 fully saturated rings. The van der Waals surface area contributed by atoms with Crippen LogP contribution in [0.4, 0.5) is 0 Å². The zero-order valence-corrected chi connectivity index (χ0v) is 16.1. The van der Waals surface area contributed by atoms with Gasteiger partial charge >= 0.3 is 0 Å². The van der Waals surface area contributed by atoms with Gasteiger partial charge in [-0.15, -0.1) is 0 Å². The summed E-state index contributed by atoms with van der Waals surface area (Å²) in [7, 11) is -3.40. The van der Waals surface area contributed by atoms with Crippen LogP contribution in [0.2, 0.25) is 0 Å². The summed E-state index contributed by atoms with van der Waals surface area (Å²) in [5.74, 6) is 1.24. The molecule has 5 nitrogen and oxygen atoms in total. The van der Waals surface area contributed by atoms with Crippen LogP contribution >= 0.6 is 0 Å². The molecule has 26 heavy (non-hydrogen) atoms. The van der Waals surface area contributed by atoms with Crippen LogP contribution in [0.3, 0.4) is 0 Å². The summed E-state index contributed by atoms with van der Waals surface area (Å²) in [6, 6.07) is 5.48. The van der Waals surface area contributed by atoms with Gasteiger partial charge in [-0.2, -0.15) is 0 Å². The Labute approximate surface area is 156 Å². The molecular weight excluding hydrogens is 348 g/mol. The number of nitrogens with zero attached hydrogens (tertiary/aromatic N) is 1. The highest BCUT2D eigenvalue weighted by molar-refractivity contribution is 7.91. The first kappa shape index (κ1) is 18.0. The predicted octanol–water partition coefficient (Wildman–Crippen LogP) is 1.80. The van der Waals surface area contributed by atoms with Crippen LogP contribution in [0.25, 0.3) is 0 Å². The molecule has 1 amide bonds. The van der Waals surface area contributed by atoms with Crippen molar-refractivity contribution in [1.29, 1.82) is 0 Å². The van der Waals surface area contributed by atoms with E-state index in [2.05, 4.69) is 5.32 Å². The summed E-state index contributed by atoms with van der Waals surface area (Å²) < 4.78 is 25.3. The smallest absolute Gasteiger partial charge is 0.223 e. The normalized spacial score (nSPS) is 25.6. The molecule has 1 aliphatic carbocycles. The highest BCUT2D eigenvalue weighted by atomic mass is 32.2. The van der Waals surface area contributed by atoms with Gasteiger partial charge < -0.3 is 10.2 Å². The van der Waals surface area contributed by atoms with Crippen LogP contribution in [0.15, 0.2) is 23.1 Å². The number of fused-ring (bicyclic) bond motifs is 2. The fraction of sp³-hybridized carbons (Fsp3) is 0.650. The molecule has 1 aromatic rings. The van der Waals surface area contributed by atoms with Gasteiger partial charge in [-0.05, 0) is 80.3 Å². The van der Waals surface area contributed by atoms with E-state index in [1.165, 1.54) is 5.56 Å². The standard InChI is InChI=1S/C20H28N2O3S/c23-20(22-9-6-17-13-21-14-18(17)7-10-22)8-11-26(24,25)19-5-4-15-2-1-3-16(15)12-19/h4-5,12,17-18,21H,1-3,6-11,13-14H2/t17-,18+. The van der Waals surface area contributed by atoms with Gasteiger partial charge in [-0.1, -0.05) is 6.07 Å². The molecule has 3 aliphatic rings. The van der Waals surface area contributed by atoms with Gasteiger partial charge in [-0.3, -0.25) is 4.79 Å². The molecule has 2 aliphatic heterocycles. The van der Waals surface area contributed by atoms with Crippen LogP contribution in [0, 0.1) is 11.8 Å². The summed E-state index contributed by atoms with van der Waals surface area (Å²) >= 11 is 0. The van der Waals surface area contributed by atoms with E-state index in [9.17, 15) is 13.2 Å². The third-order valence-electron chi connectivity index (χ3n) is 6.39. The zero-order valence-electron chi connectivity index (χ0n) is 15.2. The fourth-order valence-electron chi connectivity index (χ4n) is 4.71. The predicted molar refractivity (Wildman–Crippen MR) is 101 cm³/mol. The number of nitrogens with one attached hydrogen (secondary N) is 1. The quantitative estimate of drug-likeness (QED) is 0.870. The van der Waals surface area contributed by atoms with Crippen molar-refractivity contribution in [3.63, 3.8) is 0 Å². The highest BCUT2D eigenvalue weighted by Crippen LogP contribution is 2.28. The molecule has 1 aromatic carbocycles. The Morgan fingerprint density at radius 3 is 2.50 bits per heavy atom. The minimum Gasteiger partial charge on any atom is -0.343 e. The number of carbonyl (C=O) groups excluding carboxylic acids is 1. The number of benzene rings is 1. The van der Waals surface area contributed by atoms with E-state index < -0.39 is 9.84 Å². The van der Waals surface area contributed by atoms with Gasteiger partial charge in [0.2, 0.25) is 5.91 Å². The first-order valence-corrected chi connectivity index (χ1v) is 11.5. The first-order chi connectivity index (χ1) is 12.5. The maximum Gasteiger partial charge on any atom is 0.223 e. The molecule has 2 heterocycles. The molecule has 6 heteroatoms. The van der Waals surface area contributed by atoms with E-state index in [0.717, 1.165) is 63.8 Å². The van der Waals surface area contributed by atoms with Crippen LogP contribution in [0.1, 0.15) is 36.8 Å². The third kappa shape index (κ3) is 3.67. The van der Waals surface area contributed by atoms with Gasteiger partial charge in [0, 0.05) is 19.5 Å². The number of sulfone groups is 1. The monoisotopic (exact) mass is 376 g/mol. The van der Waals surface area contributed by atoms with Crippen molar-refractivity contribution in [3.8, 4) is 0 Å². The summed E-state index contributed by atoms with van der Waals surface area (Å²) in [4.78, 5) is 14.8. The third-order valence-corrected chi connectivity index (χ3v) is 8.10. The molecule has 0 unspecified atom stereocenters. The van der Waals surface area contributed by atoms with Gasteiger partial charge in [-0.25, -0.2) is 8.42 Å². The molecule has 0 radical (unpaired) electrons. The Kier molecular flexibility index (Phi) is 5.06. The molecule has 2 saturated heterocycles. The van der Waals surface area contributed by atoms with E-state index in [-0.39, 0.29) is 18.1 Å². The number of hydrogen-bond acceptors (Lipinski definition) is 4. The molecular formula is C20H28N2O3S. The maximum absolute atomic E-state index is 12.7. The number of rotatable bonds is 4. The van der Waals surface area contributed by atoms with Crippen molar-refractivity contribution in [2.45, 2.75) is 43.4 Å². The van der Waals surface area contributed by atoms with Crippen LogP contribution in [-0.2, 0) is 27.5 Å². The van der Waals surface area contributed by atoms with Gasteiger partial charge in [0.25, 0.3) is 0 Å². The SMILES string of the molecule is O=C(CCS(=O)(=O)c1ccc2c(c1)CCC2)N1CC[C@@H]2CNC[C@@H]2CC1. The van der Waals surface area contributed by atoms with Crippen molar-refractivity contribution >= 4 is 15.7 Å². The molecule has 142 valence electrons. The second-order valence-corrected chi connectivity index (χ2v) is 10.1. The Balaban J connectivity index is 1.36. The maximum atomic E-state index is 12.7. The second-order valence-electron chi connectivity index (χ2n) is 7.99. The van der Waals surface area contributed by atoms with Crippen molar-refractivity contribution in [2.75, 3.05) is 31.9 Å². The van der Waals surface area contributed by atoms with Crippen LogP contribution in [0.5, 0.6) is 0 Å². The van der Waals surface area contributed by atoms with Crippen molar-refractivity contribution in [1.82, 2.24) is 10.2 Å². The molecule has 0 saturated carbocycles. The largest absolute Gasteiger partial charge is 0.343 e. The molecule has 2 atom stereocenters. The summed E-state index contributed by atoms with van der Waals surface area (Å²) in [6.07, 6.45) is 5.25. The zero-order chi connectivity index (χ0) is 18.1. The molecule has 0 spiro atoms. The lowest BCUT2D eigenvalue weighted by molar-refractivity contribution is -0.130. The molecule has 4 rings (SSSR count). The number of amides is 1. The van der Waals surface area contributed by atoms with Crippen molar-refractivity contribution in [3.05, 3.63) is 29.3 Å². The Hall–Kier alpha value is -1.40. The Morgan fingerprint density at radius 1 is 1.08 bits per heavy atom. The molecule has 0 bridgehead atoms. The number of hydrogen-bond donors (Lipinski definition) is 1. The number of aryl methyl sites for hydroxylation is 2. The van der Waals surface area contributed by atoms with Crippen LogP contribution < -0.4 is 5.32 Å². The lowest BCUT2D eigenvalue weighted by Gasteiger charge is -2.21. The Bertz CT molecular complexity index is 776. The highest BCUT2D eigenvalue weighted by Gasteiger charge is 2.31. The van der Waals surface area contributed by atoms with E-state index in [1.807, 2.05) is 17.0 Å². The summed E-state index contributed by atoms with van der Waals surface area (Å²) in [5.41, 5.74) is 2.43. The van der Waals surface area contributed by atoms with E-state index in [4.69, 9.17) is 0 Å². The average molecular weight is 377 g/mol. The summed E-state index contributed by atoms with van der Waals surface area (Å²) in [6.45, 7) is 3.64. The first-order valence-electron chi connectivity index (χ1n) is 9.86. The topological polar surface area (TPSA) is 66.5 Å². The minimum absolute atomic E-state index is 0.0114. The van der Waals surface area contributed by atoms with E-state index >= 15 is 0 Å². The fourth-order valence-corrected chi connectivity index (χ4v) is 5.98. The Morgan fingerprint density at radius 2 is 1.77 bits per heavy atom. The number of carbonyl (C=O) groups is 1. The van der Waals surface area contributed by atoms with Gasteiger partial charge in [0.05, 0.1) is 10.6 Å². The summed E-state index contributed by atoms with van der Waals surface area (Å²) in [5, 5.41) is 3.43. The lowest BCUT2D eigenvalue weighted by Crippen LogP contribution is -2.33. The number of likely N-dealkylation sites (tertiary alicyclic amines) is 1. The van der Waals surface area contributed by atoms with Crippen molar-refractivity contribution < 1.29 is 13.2 Å². The minimum atomic E-state index is -3.40. The lowest BCUT2D eigenvalue weighted by atomic mass is 9.92. The van der Waals surface area contributed by atoms with Gasteiger partial charge in [0.1, 0.15) is 0 Å². The van der Waals surface area contributed by atoms with Crippen LogP contribution in [-0.4, -0.2) is 51.2 Å². The molecule has 0 aromatic heterocycles. The van der Waals surface area contributed by atoms with E-state index in [0.29, 0.717) is 16.7 Å².